The molecule has 10 heteroatoms. The summed E-state index contributed by atoms with van der Waals surface area (Å²) >= 11 is 5.82. The molecule has 1 aliphatic rings. The molecule has 4 nitrogen and oxygen atoms in total. The fourth-order valence-electron chi connectivity index (χ4n) is 3.88. The number of carbonyl (C=O) groups excluding carboxylic acids is 1. The van der Waals surface area contributed by atoms with Gasteiger partial charge in [-0.25, -0.2) is 13.8 Å². The van der Waals surface area contributed by atoms with E-state index >= 15 is 0 Å². The van der Waals surface area contributed by atoms with Crippen molar-refractivity contribution in [2.75, 3.05) is 0 Å². The molecule has 1 saturated carbocycles. The van der Waals surface area contributed by atoms with Gasteiger partial charge in [-0.1, -0.05) is 42.8 Å². The average Bonchev–Trinajstić information content (AvgIpc) is 2.73. The Morgan fingerprint density at radius 1 is 1.22 bits per heavy atom. The van der Waals surface area contributed by atoms with E-state index < -0.39 is 58.8 Å². The number of nitrogens with one attached hydrogen (secondary N) is 1. The summed E-state index contributed by atoms with van der Waals surface area (Å²) in [6, 6.07) is 6.37. The maximum Gasteiger partial charge on any atom is 0.417 e. The fraction of sp³-hybridized carbons (Fsp3) is 0.455. The molecule has 1 unspecified atom stereocenters. The van der Waals surface area contributed by atoms with Gasteiger partial charge in [0.05, 0.1) is 22.2 Å². The molecule has 1 heterocycles. The van der Waals surface area contributed by atoms with Crippen molar-refractivity contribution in [2.24, 2.45) is 0 Å². The number of alkyl halides is 5. The van der Waals surface area contributed by atoms with Crippen LogP contribution in [0.3, 0.4) is 0 Å². The highest BCUT2D eigenvalue weighted by atomic mass is 35.5. The van der Waals surface area contributed by atoms with Gasteiger partial charge >= 0.3 is 6.18 Å². The van der Waals surface area contributed by atoms with Crippen molar-refractivity contribution in [3.8, 4) is 0 Å². The molecule has 1 atom stereocenters. The van der Waals surface area contributed by atoms with Crippen molar-refractivity contribution >= 4 is 17.5 Å². The summed E-state index contributed by atoms with van der Waals surface area (Å²) in [7, 11) is 0. The quantitative estimate of drug-likeness (QED) is 0.542. The molecule has 3 rings (SSSR count). The van der Waals surface area contributed by atoms with Crippen LogP contribution in [0.2, 0.25) is 5.02 Å². The first kappa shape index (κ1) is 24.4. The van der Waals surface area contributed by atoms with Crippen LogP contribution in [0.15, 0.2) is 36.5 Å². The number of nitrogens with zero attached hydrogens (tertiary/aromatic N) is 1. The third-order valence-electron chi connectivity index (χ3n) is 5.76. The van der Waals surface area contributed by atoms with Gasteiger partial charge in [-0.15, -0.1) is 0 Å². The van der Waals surface area contributed by atoms with Gasteiger partial charge in [0.1, 0.15) is 5.69 Å². The van der Waals surface area contributed by atoms with Crippen LogP contribution in [0.4, 0.5) is 22.0 Å². The van der Waals surface area contributed by atoms with E-state index in [1.165, 1.54) is 0 Å². The van der Waals surface area contributed by atoms with Gasteiger partial charge in [-0.3, -0.25) is 4.79 Å². The highest BCUT2D eigenvalue weighted by molar-refractivity contribution is 6.34. The Balaban J connectivity index is 1.99. The number of rotatable bonds is 5. The summed E-state index contributed by atoms with van der Waals surface area (Å²) < 4.78 is 67.0. The molecular weight excluding hydrogens is 455 g/mol. The van der Waals surface area contributed by atoms with E-state index in [9.17, 15) is 31.9 Å². The standard InChI is InChI=1S/C22H22ClF5N2O2/c1-2-13-4-3-5-14(12-13)18(20(32)7-9-21(24,25)10-8-20)30-19(31)17-16(23)15(6-11-29-17)22(26,27)28/h3-6,11-12,18,32H,2,7-10H2,1H3,(H,30,31). The van der Waals surface area contributed by atoms with E-state index in [1.807, 2.05) is 13.0 Å². The molecule has 1 aromatic carbocycles. The van der Waals surface area contributed by atoms with Crippen molar-refractivity contribution in [2.45, 2.75) is 62.8 Å². The van der Waals surface area contributed by atoms with E-state index in [0.717, 1.165) is 11.8 Å². The lowest BCUT2D eigenvalue weighted by atomic mass is 9.75. The van der Waals surface area contributed by atoms with Crippen LogP contribution in [0.5, 0.6) is 0 Å². The molecule has 0 radical (unpaired) electrons. The van der Waals surface area contributed by atoms with Crippen LogP contribution in [-0.2, 0) is 12.6 Å². The second kappa shape index (κ2) is 8.94. The van der Waals surface area contributed by atoms with Crippen LogP contribution in [-0.4, -0.2) is 27.5 Å². The number of aliphatic hydroxyl groups is 1. The number of benzene rings is 1. The Kier molecular flexibility index (Phi) is 6.81. The highest BCUT2D eigenvalue weighted by Crippen LogP contribution is 2.44. The van der Waals surface area contributed by atoms with Gasteiger partial charge in [0.15, 0.2) is 0 Å². The topological polar surface area (TPSA) is 62.2 Å². The van der Waals surface area contributed by atoms with E-state index in [2.05, 4.69) is 10.3 Å². The number of halogens is 6. The van der Waals surface area contributed by atoms with Crippen molar-refractivity contribution in [3.63, 3.8) is 0 Å². The number of pyridine rings is 1. The molecule has 2 aromatic rings. The Morgan fingerprint density at radius 2 is 1.88 bits per heavy atom. The van der Waals surface area contributed by atoms with Crippen LogP contribution in [0, 0.1) is 0 Å². The first-order valence-electron chi connectivity index (χ1n) is 10.1. The second-order valence-electron chi connectivity index (χ2n) is 7.98. The van der Waals surface area contributed by atoms with Crippen LogP contribution in [0.25, 0.3) is 0 Å². The zero-order chi connectivity index (χ0) is 23.7. The number of carbonyl (C=O) groups is 1. The molecular formula is C22H22ClF5N2O2. The summed E-state index contributed by atoms with van der Waals surface area (Å²) in [5, 5.41) is 12.9. The third kappa shape index (κ3) is 5.20. The van der Waals surface area contributed by atoms with Crippen LogP contribution < -0.4 is 5.32 Å². The fourth-order valence-corrected chi connectivity index (χ4v) is 4.18. The maximum atomic E-state index is 13.7. The number of aryl methyl sites for hydroxylation is 1. The predicted molar refractivity (Wildman–Crippen MR) is 109 cm³/mol. The zero-order valence-electron chi connectivity index (χ0n) is 17.1. The molecule has 32 heavy (non-hydrogen) atoms. The molecule has 1 amide bonds. The van der Waals surface area contributed by atoms with E-state index in [1.54, 1.807) is 18.2 Å². The predicted octanol–water partition coefficient (Wildman–Crippen LogP) is 5.73. The number of amides is 1. The van der Waals surface area contributed by atoms with Gasteiger partial charge in [0, 0.05) is 19.0 Å². The highest BCUT2D eigenvalue weighted by Gasteiger charge is 2.48. The van der Waals surface area contributed by atoms with Crippen molar-refractivity contribution < 1.29 is 31.9 Å². The molecule has 0 bridgehead atoms. The first-order valence-corrected chi connectivity index (χ1v) is 10.5. The van der Waals surface area contributed by atoms with Crippen LogP contribution >= 0.6 is 11.6 Å². The van der Waals surface area contributed by atoms with E-state index in [-0.39, 0.29) is 12.8 Å². The Labute approximate surface area is 186 Å². The minimum Gasteiger partial charge on any atom is -0.387 e. The SMILES string of the molecule is CCc1cccc(C(NC(=O)c2nccc(C(F)(F)F)c2Cl)C2(O)CCC(F)(F)CC2)c1. The minimum absolute atomic E-state index is 0.301. The summed E-state index contributed by atoms with van der Waals surface area (Å²) in [6.45, 7) is 1.90. The number of hydrogen-bond acceptors (Lipinski definition) is 3. The van der Waals surface area contributed by atoms with Crippen LogP contribution in [0.1, 0.15) is 65.8 Å². The summed E-state index contributed by atoms with van der Waals surface area (Å²) in [4.78, 5) is 16.6. The summed E-state index contributed by atoms with van der Waals surface area (Å²) in [5.74, 6) is -3.98. The lowest BCUT2D eigenvalue weighted by Gasteiger charge is -2.42. The molecule has 0 saturated heterocycles. The first-order chi connectivity index (χ1) is 14.9. The zero-order valence-corrected chi connectivity index (χ0v) is 17.9. The van der Waals surface area contributed by atoms with Crippen molar-refractivity contribution in [1.82, 2.24) is 10.3 Å². The van der Waals surface area contributed by atoms with E-state index in [0.29, 0.717) is 18.1 Å². The Hall–Kier alpha value is -2.26. The molecule has 0 aliphatic heterocycles. The van der Waals surface area contributed by atoms with E-state index in [4.69, 9.17) is 11.6 Å². The third-order valence-corrected chi connectivity index (χ3v) is 6.15. The van der Waals surface area contributed by atoms with Gasteiger partial charge in [0.25, 0.3) is 5.91 Å². The molecule has 1 fully saturated rings. The maximum absolute atomic E-state index is 13.7. The number of hydrogen-bond donors (Lipinski definition) is 2. The van der Waals surface area contributed by atoms with Crippen molar-refractivity contribution in [1.29, 1.82) is 0 Å². The molecule has 1 aromatic heterocycles. The smallest absolute Gasteiger partial charge is 0.387 e. The molecule has 174 valence electrons. The Bertz CT molecular complexity index is 987. The monoisotopic (exact) mass is 476 g/mol. The molecule has 0 spiro atoms. The lowest BCUT2D eigenvalue weighted by Crippen LogP contribution is -2.50. The second-order valence-corrected chi connectivity index (χ2v) is 8.36. The largest absolute Gasteiger partial charge is 0.417 e. The normalized spacial score (nSPS) is 18.8. The number of aromatic nitrogens is 1. The van der Waals surface area contributed by atoms with Gasteiger partial charge in [-0.05, 0) is 36.5 Å². The summed E-state index contributed by atoms with van der Waals surface area (Å²) in [6.07, 6.45) is -5.09. The minimum atomic E-state index is -4.79. The lowest BCUT2D eigenvalue weighted by molar-refractivity contribution is -0.137. The summed E-state index contributed by atoms with van der Waals surface area (Å²) in [5.41, 5.74) is -2.28. The van der Waals surface area contributed by atoms with Crippen molar-refractivity contribution in [3.05, 3.63) is 63.9 Å². The van der Waals surface area contributed by atoms with Gasteiger partial charge in [-0.2, -0.15) is 13.2 Å². The Morgan fingerprint density at radius 3 is 2.47 bits per heavy atom. The molecule has 2 N–H and O–H groups in total. The molecule has 1 aliphatic carbocycles. The van der Waals surface area contributed by atoms with Gasteiger partial charge < -0.3 is 10.4 Å². The van der Waals surface area contributed by atoms with Gasteiger partial charge in [0.2, 0.25) is 5.92 Å². The average molecular weight is 477 g/mol.